The first-order chi connectivity index (χ1) is 5.25. The van der Waals surface area contributed by atoms with Gasteiger partial charge in [-0.3, -0.25) is 9.79 Å². The molecule has 11 heavy (non-hydrogen) atoms. The number of carbonyl (C=O) groups is 1. The summed E-state index contributed by atoms with van der Waals surface area (Å²) in [7, 11) is 1.52. The Morgan fingerprint density at radius 1 is 1.82 bits per heavy atom. The average Bonchev–Trinajstić information content (AvgIpc) is 2.04. The summed E-state index contributed by atoms with van der Waals surface area (Å²) in [6, 6.07) is 0. The van der Waals surface area contributed by atoms with Crippen molar-refractivity contribution in [3.05, 3.63) is 11.3 Å². The van der Waals surface area contributed by atoms with Crippen molar-refractivity contribution in [2.24, 2.45) is 4.99 Å². The van der Waals surface area contributed by atoms with Crippen molar-refractivity contribution in [2.75, 3.05) is 13.6 Å². The zero-order chi connectivity index (χ0) is 8.27. The van der Waals surface area contributed by atoms with Crippen molar-refractivity contribution in [3.8, 4) is 0 Å². The normalized spacial score (nSPS) is 16.8. The summed E-state index contributed by atoms with van der Waals surface area (Å²) in [6.45, 7) is 0.562. The third-order valence-electron chi connectivity index (χ3n) is 1.48. The lowest BCUT2D eigenvalue weighted by molar-refractivity contribution is -0.116. The van der Waals surface area contributed by atoms with E-state index in [0.717, 1.165) is 0 Å². The van der Waals surface area contributed by atoms with Crippen LogP contribution in [0.2, 0.25) is 0 Å². The molecule has 0 atom stereocenters. The second-order valence-electron chi connectivity index (χ2n) is 2.22. The van der Waals surface area contributed by atoms with Crippen LogP contribution in [0.4, 0.5) is 0 Å². The van der Waals surface area contributed by atoms with Crippen molar-refractivity contribution >= 4 is 12.1 Å². The van der Waals surface area contributed by atoms with Gasteiger partial charge in [-0.25, -0.2) is 0 Å². The number of dihydropyridines is 1. The molecule has 4 nitrogen and oxygen atoms in total. The number of amides is 1. The lowest BCUT2D eigenvalue weighted by Crippen LogP contribution is -2.23. The maximum atomic E-state index is 11.0. The van der Waals surface area contributed by atoms with Crippen molar-refractivity contribution in [2.45, 2.75) is 6.42 Å². The quantitative estimate of drug-likeness (QED) is 0.559. The summed E-state index contributed by atoms with van der Waals surface area (Å²) in [5.41, 5.74) is 0.277. The number of aliphatic imine (C=N–C) groups is 1. The molecule has 0 aromatic heterocycles. The van der Waals surface area contributed by atoms with E-state index in [-0.39, 0.29) is 17.2 Å². The predicted molar refractivity (Wildman–Crippen MR) is 41.7 cm³/mol. The summed E-state index contributed by atoms with van der Waals surface area (Å²) in [5, 5.41) is 11.6. The molecule has 0 fully saturated rings. The largest absolute Gasteiger partial charge is 0.511 e. The van der Waals surface area contributed by atoms with Gasteiger partial charge in [-0.1, -0.05) is 0 Å². The van der Waals surface area contributed by atoms with Crippen LogP contribution in [-0.2, 0) is 4.79 Å². The van der Waals surface area contributed by atoms with Gasteiger partial charge in [0.05, 0.1) is 5.57 Å². The highest BCUT2D eigenvalue weighted by Crippen LogP contribution is 2.08. The molecule has 0 unspecified atom stereocenters. The molecule has 0 aromatic rings. The second-order valence-corrected chi connectivity index (χ2v) is 2.22. The molecule has 1 amide bonds. The van der Waals surface area contributed by atoms with E-state index in [1.807, 2.05) is 0 Å². The summed E-state index contributed by atoms with van der Waals surface area (Å²) in [4.78, 5) is 14.8. The number of carbonyl (C=O) groups excluding carboxylic acids is 1. The highest BCUT2D eigenvalue weighted by Gasteiger charge is 2.13. The summed E-state index contributed by atoms with van der Waals surface area (Å²) in [5.74, 6) is -0.162. The van der Waals surface area contributed by atoms with E-state index in [9.17, 15) is 9.90 Å². The van der Waals surface area contributed by atoms with Gasteiger partial charge in [0.25, 0.3) is 5.91 Å². The van der Waals surface area contributed by atoms with Crippen LogP contribution in [0.5, 0.6) is 0 Å². The van der Waals surface area contributed by atoms with Crippen LogP contribution in [0.1, 0.15) is 6.42 Å². The molecule has 1 rings (SSSR count). The van der Waals surface area contributed by atoms with E-state index in [1.165, 1.54) is 13.3 Å². The SMILES string of the molecule is CNC(=O)C1=C(O)CCN=C1. The van der Waals surface area contributed by atoms with Crippen LogP contribution in [-0.4, -0.2) is 30.8 Å². The third kappa shape index (κ3) is 1.58. The van der Waals surface area contributed by atoms with Gasteiger partial charge in [0.15, 0.2) is 0 Å². The average molecular weight is 154 g/mol. The van der Waals surface area contributed by atoms with Gasteiger partial charge in [-0.2, -0.15) is 0 Å². The van der Waals surface area contributed by atoms with E-state index in [0.29, 0.717) is 13.0 Å². The number of aliphatic hydroxyl groups is 1. The molecule has 0 spiro atoms. The molecule has 2 N–H and O–H groups in total. The molecule has 0 aromatic carbocycles. The number of hydrogen-bond donors (Lipinski definition) is 2. The highest BCUT2D eigenvalue weighted by molar-refractivity contribution is 6.12. The molecular formula is C7H10N2O2. The second kappa shape index (κ2) is 3.18. The minimum Gasteiger partial charge on any atom is -0.511 e. The minimum absolute atomic E-state index is 0.124. The topological polar surface area (TPSA) is 61.7 Å². The molecule has 0 bridgehead atoms. The fourth-order valence-corrected chi connectivity index (χ4v) is 0.860. The zero-order valence-corrected chi connectivity index (χ0v) is 6.29. The van der Waals surface area contributed by atoms with Crippen molar-refractivity contribution in [1.29, 1.82) is 0 Å². The Labute approximate surface area is 64.6 Å². The maximum absolute atomic E-state index is 11.0. The van der Waals surface area contributed by atoms with Gasteiger partial charge in [0, 0.05) is 26.2 Å². The zero-order valence-electron chi connectivity index (χ0n) is 6.29. The van der Waals surface area contributed by atoms with Crippen LogP contribution >= 0.6 is 0 Å². The van der Waals surface area contributed by atoms with E-state index in [4.69, 9.17) is 0 Å². The number of aliphatic hydroxyl groups excluding tert-OH is 1. The Bertz CT molecular complexity index is 231. The number of nitrogens with zero attached hydrogens (tertiary/aromatic N) is 1. The standard InChI is InChI=1S/C7H10N2O2/c1-8-7(11)5-4-9-3-2-6(5)10/h4,10H,2-3H2,1H3,(H,8,11). The molecule has 1 aliphatic rings. The van der Waals surface area contributed by atoms with Gasteiger partial charge in [0.1, 0.15) is 5.76 Å². The number of rotatable bonds is 1. The minimum atomic E-state index is -0.286. The fraction of sp³-hybridized carbons (Fsp3) is 0.429. The third-order valence-corrected chi connectivity index (χ3v) is 1.48. The van der Waals surface area contributed by atoms with Gasteiger partial charge in [-0.15, -0.1) is 0 Å². The molecule has 60 valence electrons. The lowest BCUT2D eigenvalue weighted by Gasteiger charge is -2.07. The summed E-state index contributed by atoms with van der Waals surface area (Å²) >= 11 is 0. The maximum Gasteiger partial charge on any atom is 0.255 e. The predicted octanol–water partition coefficient (Wildman–Crippen LogP) is 0.0190. The highest BCUT2D eigenvalue weighted by atomic mass is 16.3. The first kappa shape index (κ1) is 7.78. The molecule has 0 saturated heterocycles. The molecule has 0 saturated carbocycles. The molecule has 1 aliphatic heterocycles. The lowest BCUT2D eigenvalue weighted by atomic mass is 10.1. The van der Waals surface area contributed by atoms with Gasteiger partial charge < -0.3 is 10.4 Å². The molecule has 0 aliphatic carbocycles. The van der Waals surface area contributed by atoms with Crippen LogP contribution in [0.25, 0.3) is 0 Å². The molecular weight excluding hydrogens is 144 g/mol. The van der Waals surface area contributed by atoms with Gasteiger partial charge >= 0.3 is 0 Å². The van der Waals surface area contributed by atoms with Crippen LogP contribution < -0.4 is 5.32 Å². The first-order valence-electron chi connectivity index (χ1n) is 3.39. The van der Waals surface area contributed by atoms with E-state index in [2.05, 4.69) is 10.3 Å². The first-order valence-corrected chi connectivity index (χ1v) is 3.39. The number of likely N-dealkylation sites (N-methyl/N-ethyl adjacent to an activating group) is 1. The number of hydrogen-bond acceptors (Lipinski definition) is 3. The van der Waals surface area contributed by atoms with E-state index >= 15 is 0 Å². The Morgan fingerprint density at radius 2 is 2.55 bits per heavy atom. The Morgan fingerprint density at radius 3 is 3.09 bits per heavy atom. The van der Waals surface area contributed by atoms with Crippen LogP contribution in [0, 0.1) is 0 Å². The van der Waals surface area contributed by atoms with Crippen molar-refractivity contribution < 1.29 is 9.90 Å². The summed E-state index contributed by atoms with van der Waals surface area (Å²) < 4.78 is 0. The van der Waals surface area contributed by atoms with E-state index < -0.39 is 0 Å². The summed E-state index contributed by atoms with van der Waals surface area (Å²) in [6.07, 6.45) is 1.86. The monoisotopic (exact) mass is 154 g/mol. The van der Waals surface area contributed by atoms with Crippen molar-refractivity contribution in [3.63, 3.8) is 0 Å². The Hall–Kier alpha value is -1.32. The van der Waals surface area contributed by atoms with Crippen LogP contribution in [0.3, 0.4) is 0 Å². The fourth-order valence-electron chi connectivity index (χ4n) is 0.860. The molecule has 4 heteroatoms. The van der Waals surface area contributed by atoms with Crippen LogP contribution in [0.15, 0.2) is 16.3 Å². The van der Waals surface area contributed by atoms with Gasteiger partial charge in [0.2, 0.25) is 0 Å². The number of nitrogens with one attached hydrogen (secondary N) is 1. The molecule has 0 radical (unpaired) electrons. The van der Waals surface area contributed by atoms with Gasteiger partial charge in [-0.05, 0) is 0 Å². The Kier molecular flexibility index (Phi) is 2.25. The van der Waals surface area contributed by atoms with Crippen molar-refractivity contribution in [1.82, 2.24) is 5.32 Å². The smallest absolute Gasteiger partial charge is 0.255 e. The molecule has 1 heterocycles. The Balaban J connectivity index is 2.83. The van der Waals surface area contributed by atoms with E-state index in [1.54, 1.807) is 0 Å².